The van der Waals surface area contributed by atoms with E-state index in [0.29, 0.717) is 28.4 Å². The van der Waals surface area contributed by atoms with Crippen LogP contribution in [0.1, 0.15) is 25.5 Å². The molecular weight excluding hydrogens is 348 g/mol. The number of aromatic nitrogens is 4. The fourth-order valence-electron chi connectivity index (χ4n) is 3.89. The average molecular weight is 365 g/mol. The molecule has 136 valence electrons. The lowest BCUT2D eigenvalue weighted by molar-refractivity contribution is 0.517. The number of nitrogens with one attached hydrogen (secondary N) is 2. The normalized spacial score (nSPS) is 14.7. The standard InChI is InChI=1S/C20H17F2N5/c1-10-25-26-19-20(2,3)24-14-9-13(21)15(16(22)18(14)27(10)19)12-6-4-5-11-7-8-23-17(11)12/h4-9,23-24H,1-3H3. The second-order valence-electron chi connectivity index (χ2n) is 7.35. The Morgan fingerprint density at radius 2 is 1.93 bits per heavy atom. The third kappa shape index (κ3) is 2.08. The van der Waals surface area contributed by atoms with E-state index in [1.165, 1.54) is 6.07 Å². The molecule has 1 aliphatic heterocycles. The van der Waals surface area contributed by atoms with Crippen LogP contribution in [-0.2, 0) is 5.54 Å². The highest BCUT2D eigenvalue weighted by molar-refractivity contribution is 5.95. The Hall–Kier alpha value is -3.22. The van der Waals surface area contributed by atoms with Crippen molar-refractivity contribution < 1.29 is 8.78 Å². The van der Waals surface area contributed by atoms with E-state index < -0.39 is 17.2 Å². The van der Waals surface area contributed by atoms with E-state index in [4.69, 9.17) is 0 Å². The van der Waals surface area contributed by atoms with Gasteiger partial charge in [-0.25, -0.2) is 8.78 Å². The second-order valence-corrected chi connectivity index (χ2v) is 7.35. The minimum atomic E-state index is -0.640. The Kier molecular flexibility index (Phi) is 3.05. The van der Waals surface area contributed by atoms with Gasteiger partial charge in [-0.2, -0.15) is 0 Å². The monoisotopic (exact) mass is 365 g/mol. The predicted octanol–water partition coefficient (Wildman–Crippen LogP) is 4.66. The maximum Gasteiger partial charge on any atom is 0.162 e. The van der Waals surface area contributed by atoms with Crippen molar-refractivity contribution in [2.75, 3.05) is 5.32 Å². The summed E-state index contributed by atoms with van der Waals surface area (Å²) in [6, 6.07) is 8.63. The van der Waals surface area contributed by atoms with Gasteiger partial charge in [-0.15, -0.1) is 10.2 Å². The molecule has 2 aromatic carbocycles. The average Bonchev–Trinajstić information content (AvgIpc) is 3.22. The van der Waals surface area contributed by atoms with Crippen molar-refractivity contribution in [3.05, 3.63) is 59.8 Å². The highest BCUT2D eigenvalue weighted by atomic mass is 19.1. The summed E-state index contributed by atoms with van der Waals surface area (Å²) in [4.78, 5) is 3.08. The number of aryl methyl sites for hydroxylation is 1. The molecule has 2 N–H and O–H groups in total. The van der Waals surface area contributed by atoms with Crippen LogP contribution >= 0.6 is 0 Å². The van der Waals surface area contributed by atoms with Gasteiger partial charge in [0, 0.05) is 17.8 Å². The molecule has 0 saturated heterocycles. The van der Waals surface area contributed by atoms with E-state index in [1.807, 2.05) is 26.0 Å². The van der Waals surface area contributed by atoms with E-state index >= 15 is 8.78 Å². The van der Waals surface area contributed by atoms with Crippen molar-refractivity contribution in [1.82, 2.24) is 19.7 Å². The quantitative estimate of drug-likeness (QED) is 0.516. The summed E-state index contributed by atoms with van der Waals surface area (Å²) in [7, 11) is 0. The van der Waals surface area contributed by atoms with Gasteiger partial charge in [0.05, 0.1) is 22.3 Å². The van der Waals surface area contributed by atoms with Gasteiger partial charge in [0.2, 0.25) is 0 Å². The van der Waals surface area contributed by atoms with Crippen LogP contribution < -0.4 is 5.32 Å². The zero-order valence-corrected chi connectivity index (χ0v) is 15.1. The molecular formula is C20H17F2N5. The first-order chi connectivity index (χ1) is 12.9. The topological polar surface area (TPSA) is 58.5 Å². The van der Waals surface area contributed by atoms with Crippen molar-refractivity contribution in [2.24, 2.45) is 0 Å². The van der Waals surface area contributed by atoms with Crippen LogP contribution in [0.5, 0.6) is 0 Å². The molecule has 7 heteroatoms. The number of H-pyrrole nitrogens is 1. The highest BCUT2D eigenvalue weighted by Crippen LogP contribution is 2.43. The van der Waals surface area contributed by atoms with Gasteiger partial charge < -0.3 is 10.3 Å². The van der Waals surface area contributed by atoms with E-state index in [9.17, 15) is 0 Å². The number of fused-ring (bicyclic) bond motifs is 4. The van der Waals surface area contributed by atoms with Crippen LogP contribution in [0.25, 0.3) is 27.7 Å². The van der Waals surface area contributed by atoms with Gasteiger partial charge >= 0.3 is 0 Å². The first-order valence-corrected chi connectivity index (χ1v) is 8.68. The molecule has 5 nitrogen and oxygen atoms in total. The zero-order chi connectivity index (χ0) is 18.9. The van der Waals surface area contributed by atoms with Crippen LogP contribution in [0.2, 0.25) is 0 Å². The van der Waals surface area contributed by atoms with Gasteiger partial charge in [0.15, 0.2) is 11.6 Å². The number of hydrogen-bond donors (Lipinski definition) is 2. The third-order valence-electron chi connectivity index (χ3n) is 5.10. The van der Waals surface area contributed by atoms with Gasteiger partial charge in [-0.1, -0.05) is 18.2 Å². The molecule has 0 bridgehead atoms. The Morgan fingerprint density at radius 1 is 1.11 bits per heavy atom. The molecule has 0 saturated carbocycles. The Bertz CT molecular complexity index is 1220. The van der Waals surface area contributed by atoms with Crippen molar-refractivity contribution in [3.8, 4) is 16.8 Å². The molecule has 0 amide bonds. The Labute approximate surface area is 154 Å². The molecule has 4 aromatic rings. The molecule has 2 aromatic heterocycles. The maximum atomic E-state index is 15.8. The van der Waals surface area contributed by atoms with E-state index in [0.717, 1.165) is 5.39 Å². The summed E-state index contributed by atoms with van der Waals surface area (Å²) in [5.41, 5.74) is 1.13. The van der Waals surface area contributed by atoms with Gasteiger partial charge in [0.1, 0.15) is 17.3 Å². The predicted molar refractivity (Wildman–Crippen MR) is 100.0 cm³/mol. The fourth-order valence-corrected chi connectivity index (χ4v) is 3.89. The largest absolute Gasteiger partial charge is 0.371 e. The molecule has 0 radical (unpaired) electrons. The van der Waals surface area contributed by atoms with Crippen LogP contribution in [-0.4, -0.2) is 19.7 Å². The SMILES string of the molecule is Cc1nnc2n1-c1c(cc(F)c(-c3cccc4cc[nH]c34)c1F)NC2(C)C. The molecule has 0 unspecified atom stereocenters. The van der Waals surface area contributed by atoms with Gasteiger partial charge in [-0.3, -0.25) is 4.57 Å². The number of aromatic amines is 1. The lowest BCUT2D eigenvalue weighted by Crippen LogP contribution is -2.36. The van der Waals surface area contributed by atoms with Crippen molar-refractivity contribution in [3.63, 3.8) is 0 Å². The molecule has 0 fully saturated rings. The lowest BCUT2D eigenvalue weighted by Gasteiger charge is -2.34. The molecule has 0 atom stereocenters. The highest BCUT2D eigenvalue weighted by Gasteiger charge is 2.37. The van der Waals surface area contributed by atoms with E-state index in [-0.39, 0.29) is 11.3 Å². The summed E-state index contributed by atoms with van der Waals surface area (Å²) in [6.45, 7) is 5.56. The molecule has 0 spiro atoms. The minimum Gasteiger partial charge on any atom is -0.371 e. The number of para-hydroxylation sites is 1. The molecule has 0 aliphatic carbocycles. The number of rotatable bonds is 1. The Morgan fingerprint density at radius 3 is 2.74 bits per heavy atom. The lowest BCUT2D eigenvalue weighted by atomic mass is 9.96. The van der Waals surface area contributed by atoms with Crippen molar-refractivity contribution >= 4 is 16.6 Å². The molecule has 5 rings (SSSR count). The number of nitrogens with zero attached hydrogens (tertiary/aromatic N) is 3. The summed E-state index contributed by atoms with van der Waals surface area (Å²) < 4.78 is 32.5. The van der Waals surface area contributed by atoms with Crippen LogP contribution in [0.3, 0.4) is 0 Å². The van der Waals surface area contributed by atoms with Crippen LogP contribution in [0, 0.1) is 18.6 Å². The number of anilines is 1. The zero-order valence-electron chi connectivity index (χ0n) is 15.1. The molecule has 3 heterocycles. The minimum absolute atomic E-state index is 0.0673. The summed E-state index contributed by atoms with van der Waals surface area (Å²) in [6.07, 6.45) is 1.76. The number of halogens is 2. The Balaban J connectivity index is 1.87. The summed E-state index contributed by atoms with van der Waals surface area (Å²) >= 11 is 0. The molecule has 27 heavy (non-hydrogen) atoms. The molecule has 1 aliphatic rings. The van der Waals surface area contributed by atoms with Crippen LogP contribution in [0.15, 0.2) is 36.5 Å². The summed E-state index contributed by atoms with van der Waals surface area (Å²) in [5.74, 6) is -0.123. The first kappa shape index (κ1) is 16.0. The smallest absolute Gasteiger partial charge is 0.162 e. The third-order valence-corrected chi connectivity index (χ3v) is 5.10. The maximum absolute atomic E-state index is 15.8. The number of benzene rings is 2. The van der Waals surface area contributed by atoms with Crippen molar-refractivity contribution in [2.45, 2.75) is 26.3 Å². The van der Waals surface area contributed by atoms with Gasteiger partial charge in [-0.05, 0) is 32.2 Å². The van der Waals surface area contributed by atoms with Gasteiger partial charge in [0.25, 0.3) is 0 Å². The van der Waals surface area contributed by atoms with E-state index in [1.54, 1.807) is 29.8 Å². The number of hydrogen-bond acceptors (Lipinski definition) is 3. The summed E-state index contributed by atoms with van der Waals surface area (Å²) in [5, 5.41) is 12.4. The van der Waals surface area contributed by atoms with Crippen molar-refractivity contribution in [1.29, 1.82) is 0 Å². The first-order valence-electron chi connectivity index (χ1n) is 8.68. The van der Waals surface area contributed by atoms with Crippen LogP contribution in [0.4, 0.5) is 14.5 Å². The fraction of sp³-hybridized carbons (Fsp3) is 0.200. The second kappa shape index (κ2) is 5.16. The van der Waals surface area contributed by atoms with E-state index in [2.05, 4.69) is 20.5 Å².